The number of carbonyl (C=O) groups excluding carboxylic acids is 4. The van der Waals surface area contributed by atoms with Crippen molar-refractivity contribution in [2.75, 3.05) is 11.9 Å². The number of carbonyl (C=O) groups is 4. The molecule has 1 aliphatic rings. The summed E-state index contributed by atoms with van der Waals surface area (Å²) in [6.45, 7) is 1.64. The van der Waals surface area contributed by atoms with Gasteiger partial charge in [0, 0.05) is 16.3 Å². The lowest BCUT2D eigenvalue weighted by atomic mass is 10.1. The number of nitrogens with one attached hydrogen (secondary N) is 3. The van der Waals surface area contributed by atoms with Crippen molar-refractivity contribution < 1.29 is 23.9 Å². The summed E-state index contributed by atoms with van der Waals surface area (Å²) in [6, 6.07) is 10.9. The van der Waals surface area contributed by atoms with E-state index in [2.05, 4.69) is 5.32 Å². The van der Waals surface area contributed by atoms with E-state index in [9.17, 15) is 19.2 Å². The first-order chi connectivity index (χ1) is 13.8. The van der Waals surface area contributed by atoms with E-state index in [0.29, 0.717) is 16.3 Å². The second-order valence-electron chi connectivity index (χ2n) is 6.18. The molecular weight excluding hydrogens is 398 g/mol. The van der Waals surface area contributed by atoms with E-state index in [-0.39, 0.29) is 23.8 Å². The fraction of sp³-hybridized carbons (Fsp3) is 0.100. The highest BCUT2D eigenvalue weighted by molar-refractivity contribution is 6.32. The van der Waals surface area contributed by atoms with Crippen molar-refractivity contribution in [3.05, 3.63) is 64.2 Å². The molecule has 0 radical (unpaired) electrons. The normalized spacial score (nSPS) is 13.4. The number of benzene rings is 2. The molecule has 0 aliphatic carbocycles. The predicted molar refractivity (Wildman–Crippen MR) is 106 cm³/mol. The van der Waals surface area contributed by atoms with Crippen molar-refractivity contribution in [3.8, 4) is 5.75 Å². The van der Waals surface area contributed by atoms with E-state index >= 15 is 0 Å². The Hall–Kier alpha value is -3.65. The zero-order valence-corrected chi connectivity index (χ0v) is 16.0. The molecule has 1 fully saturated rings. The molecule has 1 aliphatic heterocycles. The molecule has 0 bridgehead atoms. The number of halogens is 1. The van der Waals surface area contributed by atoms with Crippen molar-refractivity contribution in [1.29, 1.82) is 0 Å². The number of imide groups is 2. The Labute approximate surface area is 170 Å². The Bertz CT molecular complexity index is 1010. The molecule has 1 saturated heterocycles. The van der Waals surface area contributed by atoms with E-state index in [0.717, 1.165) is 5.56 Å². The molecule has 9 heteroatoms. The van der Waals surface area contributed by atoms with Gasteiger partial charge in [-0.2, -0.15) is 0 Å². The van der Waals surface area contributed by atoms with Crippen LogP contribution < -0.4 is 20.7 Å². The maximum atomic E-state index is 12.1. The number of rotatable bonds is 5. The highest BCUT2D eigenvalue weighted by Crippen LogP contribution is 2.26. The van der Waals surface area contributed by atoms with Gasteiger partial charge < -0.3 is 10.1 Å². The Kier molecular flexibility index (Phi) is 5.94. The number of anilines is 1. The smallest absolute Gasteiger partial charge is 0.328 e. The van der Waals surface area contributed by atoms with Gasteiger partial charge in [-0.15, -0.1) is 0 Å². The number of urea groups is 1. The van der Waals surface area contributed by atoms with Gasteiger partial charge >= 0.3 is 6.03 Å². The largest absolute Gasteiger partial charge is 0.483 e. The van der Waals surface area contributed by atoms with Crippen LogP contribution in [-0.4, -0.2) is 30.4 Å². The van der Waals surface area contributed by atoms with E-state index in [1.807, 2.05) is 29.7 Å². The molecule has 29 heavy (non-hydrogen) atoms. The van der Waals surface area contributed by atoms with Crippen LogP contribution in [0.15, 0.2) is 48.0 Å². The van der Waals surface area contributed by atoms with Gasteiger partial charge in [-0.1, -0.05) is 29.3 Å². The summed E-state index contributed by atoms with van der Waals surface area (Å²) in [5.74, 6) is -1.84. The van der Waals surface area contributed by atoms with Crippen LogP contribution in [0.3, 0.4) is 0 Å². The van der Waals surface area contributed by atoms with Crippen molar-refractivity contribution in [2.24, 2.45) is 0 Å². The average Bonchev–Trinajstić information content (AvgIpc) is 2.66. The van der Waals surface area contributed by atoms with Crippen LogP contribution in [0.5, 0.6) is 5.75 Å². The van der Waals surface area contributed by atoms with Gasteiger partial charge in [-0.05, 0) is 43.3 Å². The molecule has 0 saturated carbocycles. The van der Waals surface area contributed by atoms with Crippen molar-refractivity contribution >= 4 is 47.1 Å². The summed E-state index contributed by atoms with van der Waals surface area (Å²) < 4.78 is 5.54. The third kappa shape index (κ3) is 5.20. The summed E-state index contributed by atoms with van der Waals surface area (Å²) in [6.07, 6.45) is 1.23. The fourth-order valence-corrected chi connectivity index (χ4v) is 2.68. The molecule has 8 nitrogen and oxygen atoms in total. The molecule has 1 heterocycles. The fourth-order valence-electron chi connectivity index (χ4n) is 2.50. The van der Waals surface area contributed by atoms with E-state index in [1.165, 1.54) is 18.2 Å². The van der Waals surface area contributed by atoms with Crippen molar-refractivity contribution in [3.63, 3.8) is 0 Å². The molecule has 2 aromatic carbocycles. The number of ether oxygens (including phenoxy) is 1. The van der Waals surface area contributed by atoms with Gasteiger partial charge in [0.05, 0.1) is 0 Å². The highest BCUT2D eigenvalue weighted by Gasteiger charge is 2.28. The number of aryl methyl sites for hydroxylation is 1. The number of amides is 5. The molecular formula is C20H16ClN3O5. The molecule has 3 N–H and O–H groups in total. The van der Waals surface area contributed by atoms with Gasteiger partial charge in [0.2, 0.25) is 0 Å². The minimum Gasteiger partial charge on any atom is -0.483 e. The summed E-state index contributed by atoms with van der Waals surface area (Å²) >= 11 is 5.99. The van der Waals surface area contributed by atoms with Gasteiger partial charge in [0.25, 0.3) is 17.7 Å². The number of barbiturate groups is 1. The number of hydrogen-bond acceptors (Lipinski definition) is 5. The lowest BCUT2D eigenvalue weighted by Crippen LogP contribution is -2.51. The highest BCUT2D eigenvalue weighted by atomic mass is 35.5. The van der Waals surface area contributed by atoms with Crippen LogP contribution in [0.2, 0.25) is 5.02 Å². The predicted octanol–water partition coefficient (Wildman–Crippen LogP) is 2.42. The average molecular weight is 414 g/mol. The minimum atomic E-state index is -0.896. The van der Waals surface area contributed by atoms with Gasteiger partial charge in [-0.3, -0.25) is 25.0 Å². The zero-order chi connectivity index (χ0) is 21.0. The van der Waals surface area contributed by atoms with Crippen LogP contribution in [-0.2, 0) is 14.4 Å². The second kappa shape index (κ2) is 8.57. The molecule has 0 unspecified atom stereocenters. The Morgan fingerprint density at radius 1 is 1.07 bits per heavy atom. The monoisotopic (exact) mass is 413 g/mol. The Balaban J connectivity index is 1.75. The topological polar surface area (TPSA) is 114 Å². The molecule has 5 amide bonds. The SMILES string of the molecule is Cc1ccc(NC(=O)COc2ccc(Cl)cc2C=C2C(=O)NC(=O)NC2=O)cc1. The quantitative estimate of drug-likeness (QED) is 0.514. The van der Waals surface area contributed by atoms with Crippen molar-refractivity contribution in [2.45, 2.75) is 6.92 Å². The third-order valence-corrected chi connectivity index (χ3v) is 4.14. The van der Waals surface area contributed by atoms with Crippen LogP contribution in [0.4, 0.5) is 10.5 Å². The van der Waals surface area contributed by atoms with Crippen LogP contribution >= 0.6 is 11.6 Å². The van der Waals surface area contributed by atoms with Gasteiger partial charge in [0.1, 0.15) is 11.3 Å². The summed E-state index contributed by atoms with van der Waals surface area (Å²) in [4.78, 5) is 47.1. The summed E-state index contributed by atoms with van der Waals surface area (Å²) in [5, 5.41) is 6.99. The van der Waals surface area contributed by atoms with Gasteiger partial charge in [-0.25, -0.2) is 4.79 Å². The first kappa shape index (κ1) is 20.1. The lowest BCUT2D eigenvalue weighted by Gasteiger charge is -2.15. The van der Waals surface area contributed by atoms with Crippen LogP contribution in [0, 0.1) is 6.92 Å². The van der Waals surface area contributed by atoms with E-state index in [4.69, 9.17) is 16.3 Å². The number of hydrogen-bond donors (Lipinski definition) is 3. The summed E-state index contributed by atoms with van der Waals surface area (Å²) in [7, 11) is 0. The van der Waals surface area contributed by atoms with E-state index in [1.54, 1.807) is 18.2 Å². The van der Waals surface area contributed by atoms with Crippen molar-refractivity contribution in [1.82, 2.24) is 10.6 Å². The molecule has 0 aromatic heterocycles. The maximum Gasteiger partial charge on any atom is 0.328 e. The summed E-state index contributed by atoms with van der Waals surface area (Å²) in [5.41, 5.74) is 1.70. The Morgan fingerprint density at radius 2 is 1.72 bits per heavy atom. The third-order valence-electron chi connectivity index (χ3n) is 3.91. The molecule has 3 rings (SSSR count). The maximum absolute atomic E-state index is 12.1. The second-order valence-corrected chi connectivity index (χ2v) is 6.62. The van der Waals surface area contributed by atoms with Gasteiger partial charge in [0.15, 0.2) is 6.61 Å². The molecule has 148 valence electrons. The Morgan fingerprint density at radius 3 is 2.38 bits per heavy atom. The lowest BCUT2D eigenvalue weighted by molar-refractivity contribution is -0.124. The zero-order valence-electron chi connectivity index (χ0n) is 15.2. The minimum absolute atomic E-state index is 0.235. The molecule has 0 spiro atoms. The van der Waals surface area contributed by atoms with E-state index < -0.39 is 17.8 Å². The first-order valence-electron chi connectivity index (χ1n) is 8.49. The first-order valence-corrected chi connectivity index (χ1v) is 8.87. The van der Waals surface area contributed by atoms with Crippen LogP contribution in [0.1, 0.15) is 11.1 Å². The standard InChI is InChI=1S/C20H16ClN3O5/c1-11-2-5-14(6-3-11)22-17(25)10-29-16-7-4-13(21)8-12(16)9-15-18(26)23-20(28)24-19(15)27/h2-9H,10H2,1H3,(H,22,25)(H2,23,24,26,27,28). The molecule has 0 atom stereocenters. The molecule has 2 aromatic rings. The van der Waals surface area contributed by atoms with Crippen LogP contribution in [0.25, 0.3) is 6.08 Å².